The number of ether oxygens (including phenoxy) is 1. The molecule has 2 aromatic carbocycles. The number of carbonyl (C=O) groups excluding carboxylic acids is 2. The molecule has 3 N–H and O–H groups in total. The molecule has 0 spiro atoms. The lowest BCUT2D eigenvalue weighted by molar-refractivity contribution is -0.129. The van der Waals surface area contributed by atoms with Gasteiger partial charge in [-0.1, -0.05) is 48.5 Å². The Balaban J connectivity index is 1.69. The number of nitrogens with one attached hydrogen (secondary N) is 2. The Hall–Kier alpha value is -3.45. The largest absolute Gasteiger partial charge is 0.487 e. The van der Waals surface area contributed by atoms with Gasteiger partial charge in [-0.2, -0.15) is 0 Å². The van der Waals surface area contributed by atoms with Crippen molar-refractivity contribution in [3.8, 4) is 5.75 Å². The number of benzene rings is 2. The second-order valence-corrected chi connectivity index (χ2v) is 6.19. The van der Waals surface area contributed by atoms with Crippen LogP contribution in [0.25, 0.3) is 10.9 Å². The van der Waals surface area contributed by atoms with Crippen LogP contribution in [-0.2, 0) is 11.4 Å². The lowest BCUT2D eigenvalue weighted by Gasteiger charge is -2.10. The maximum Gasteiger partial charge on any atom is 0.269 e. The maximum absolute atomic E-state index is 12.3. The summed E-state index contributed by atoms with van der Waals surface area (Å²) in [5.41, 5.74) is 3.49. The smallest absolute Gasteiger partial charge is 0.269 e. The molecule has 0 radical (unpaired) electrons. The Morgan fingerprint density at radius 3 is 2.61 bits per heavy atom. The van der Waals surface area contributed by atoms with Crippen LogP contribution in [0.15, 0.2) is 60.7 Å². The van der Waals surface area contributed by atoms with E-state index in [4.69, 9.17) is 9.94 Å². The van der Waals surface area contributed by atoms with E-state index >= 15 is 0 Å². The van der Waals surface area contributed by atoms with Gasteiger partial charge in [0.15, 0.2) is 0 Å². The van der Waals surface area contributed by atoms with Crippen molar-refractivity contribution < 1.29 is 19.5 Å². The summed E-state index contributed by atoms with van der Waals surface area (Å²) >= 11 is 0. The van der Waals surface area contributed by atoms with Crippen LogP contribution in [-0.4, -0.2) is 28.6 Å². The van der Waals surface area contributed by atoms with E-state index in [1.807, 2.05) is 54.6 Å². The highest BCUT2D eigenvalue weighted by Crippen LogP contribution is 2.25. The zero-order valence-corrected chi connectivity index (χ0v) is 15.2. The number of nitrogens with zero attached hydrogens (tertiary/aromatic N) is 1. The number of hydrogen-bond donors (Lipinski definition) is 3. The highest BCUT2D eigenvalue weighted by molar-refractivity contribution is 5.96. The average molecular weight is 379 g/mol. The van der Waals surface area contributed by atoms with E-state index in [1.165, 1.54) is 0 Å². The quantitative estimate of drug-likeness (QED) is 0.317. The van der Waals surface area contributed by atoms with Crippen LogP contribution in [0.3, 0.4) is 0 Å². The molecule has 3 rings (SSSR count). The van der Waals surface area contributed by atoms with Gasteiger partial charge in [0.2, 0.25) is 5.91 Å². The van der Waals surface area contributed by atoms with Crippen molar-refractivity contribution in [2.75, 3.05) is 6.54 Å². The number of rotatable bonds is 8. The van der Waals surface area contributed by atoms with Crippen molar-refractivity contribution in [2.24, 2.45) is 0 Å². The lowest BCUT2D eigenvalue weighted by atomic mass is 10.2. The van der Waals surface area contributed by atoms with Gasteiger partial charge in [0.1, 0.15) is 23.6 Å². The maximum atomic E-state index is 12.3. The molecule has 0 atom stereocenters. The molecule has 2 amide bonds. The van der Waals surface area contributed by atoms with Crippen molar-refractivity contribution in [2.45, 2.75) is 19.4 Å². The molecule has 0 saturated heterocycles. The monoisotopic (exact) mass is 379 g/mol. The number of para-hydroxylation sites is 1. The molecule has 1 heterocycles. The first-order valence-corrected chi connectivity index (χ1v) is 8.95. The standard InChI is InChI=1S/C21H21N3O4/c25-19(24-27)10-5-13-22-21(26)17-12-11-16-8-4-9-18(20(16)23-17)28-14-15-6-2-1-3-7-15/h1-4,6-9,11-12,27H,5,10,13-14H2,(H,22,26)(H,24,25). The molecule has 28 heavy (non-hydrogen) atoms. The van der Waals surface area contributed by atoms with Crippen LogP contribution in [0.1, 0.15) is 28.9 Å². The topological polar surface area (TPSA) is 101 Å². The molecule has 0 aliphatic carbocycles. The number of amides is 2. The summed E-state index contributed by atoms with van der Waals surface area (Å²) in [7, 11) is 0. The Bertz CT molecular complexity index is 960. The summed E-state index contributed by atoms with van der Waals surface area (Å²) in [6, 6.07) is 18.9. The molecule has 3 aromatic rings. The van der Waals surface area contributed by atoms with E-state index in [-0.39, 0.29) is 18.0 Å². The van der Waals surface area contributed by atoms with E-state index in [1.54, 1.807) is 11.5 Å². The van der Waals surface area contributed by atoms with Crippen molar-refractivity contribution in [3.05, 3.63) is 71.9 Å². The SMILES string of the molecule is O=C(CCCNC(=O)c1ccc2cccc(OCc3ccccc3)c2n1)NO. The molecule has 7 nitrogen and oxygen atoms in total. The van der Waals surface area contributed by atoms with E-state index in [0.29, 0.717) is 30.8 Å². The fourth-order valence-electron chi connectivity index (χ4n) is 2.70. The summed E-state index contributed by atoms with van der Waals surface area (Å²) in [4.78, 5) is 27.8. The molecular formula is C21H21N3O4. The van der Waals surface area contributed by atoms with Crippen LogP contribution in [0.4, 0.5) is 0 Å². The average Bonchev–Trinajstić information content (AvgIpc) is 2.75. The van der Waals surface area contributed by atoms with Crippen molar-refractivity contribution in [1.29, 1.82) is 0 Å². The summed E-state index contributed by atoms with van der Waals surface area (Å²) < 4.78 is 5.92. The summed E-state index contributed by atoms with van der Waals surface area (Å²) in [6.07, 6.45) is 0.538. The normalized spacial score (nSPS) is 10.5. The Labute approximate surface area is 162 Å². The molecular weight excluding hydrogens is 358 g/mol. The number of aromatic nitrogens is 1. The van der Waals surface area contributed by atoms with Crippen LogP contribution in [0.2, 0.25) is 0 Å². The molecule has 144 valence electrons. The summed E-state index contributed by atoms with van der Waals surface area (Å²) in [5.74, 6) is -0.210. The number of carbonyl (C=O) groups is 2. The lowest BCUT2D eigenvalue weighted by Crippen LogP contribution is -2.27. The van der Waals surface area contributed by atoms with Crippen molar-refractivity contribution >= 4 is 22.7 Å². The second-order valence-electron chi connectivity index (χ2n) is 6.19. The first-order chi connectivity index (χ1) is 13.7. The minimum atomic E-state index is -0.488. The van der Waals surface area contributed by atoms with Crippen LogP contribution in [0.5, 0.6) is 5.75 Å². The first kappa shape index (κ1) is 19.3. The van der Waals surface area contributed by atoms with Crippen molar-refractivity contribution in [3.63, 3.8) is 0 Å². The second kappa shape index (κ2) is 9.48. The fourth-order valence-corrected chi connectivity index (χ4v) is 2.70. The summed E-state index contributed by atoms with van der Waals surface area (Å²) in [6.45, 7) is 0.711. The molecule has 0 saturated carbocycles. The molecule has 0 unspecified atom stereocenters. The van der Waals surface area contributed by atoms with Gasteiger partial charge in [0, 0.05) is 18.4 Å². The number of hydrogen-bond acceptors (Lipinski definition) is 5. The molecule has 0 fully saturated rings. The van der Waals surface area contributed by atoms with Gasteiger partial charge in [0.25, 0.3) is 5.91 Å². The molecule has 7 heteroatoms. The third-order valence-corrected chi connectivity index (χ3v) is 4.14. The number of pyridine rings is 1. The zero-order valence-electron chi connectivity index (χ0n) is 15.2. The first-order valence-electron chi connectivity index (χ1n) is 8.95. The number of hydroxylamine groups is 1. The van der Waals surface area contributed by atoms with Gasteiger partial charge in [0.05, 0.1) is 0 Å². The minimum Gasteiger partial charge on any atom is -0.487 e. The van der Waals surface area contributed by atoms with Crippen LogP contribution >= 0.6 is 0 Å². The highest BCUT2D eigenvalue weighted by atomic mass is 16.5. The van der Waals surface area contributed by atoms with E-state index in [9.17, 15) is 9.59 Å². The Morgan fingerprint density at radius 2 is 1.82 bits per heavy atom. The van der Waals surface area contributed by atoms with E-state index < -0.39 is 5.91 Å². The van der Waals surface area contributed by atoms with E-state index in [2.05, 4.69) is 10.3 Å². The van der Waals surface area contributed by atoms with Gasteiger partial charge in [-0.05, 0) is 24.1 Å². The highest BCUT2D eigenvalue weighted by Gasteiger charge is 2.11. The van der Waals surface area contributed by atoms with Crippen LogP contribution < -0.4 is 15.5 Å². The molecule has 1 aromatic heterocycles. The van der Waals surface area contributed by atoms with Gasteiger partial charge in [-0.25, -0.2) is 10.5 Å². The minimum absolute atomic E-state index is 0.124. The van der Waals surface area contributed by atoms with E-state index in [0.717, 1.165) is 10.9 Å². The van der Waals surface area contributed by atoms with Gasteiger partial charge in [-0.15, -0.1) is 0 Å². The molecule has 0 bridgehead atoms. The third kappa shape index (κ3) is 5.05. The Morgan fingerprint density at radius 1 is 1.00 bits per heavy atom. The molecule has 0 aliphatic heterocycles. The van der Waals surface area contributed by atoms with Gasteiger partial charge >= 0.3 is 0 Å². The van der Waals surface area contributed by atoms with Gasteiger partial charge < -0.3 is 10.1 Å². The number of fused-ring (bicyclic) bond motifs is 1. The predicted octanol–water partition coefficient (Wildman–Crippen LogP) is 2.83. The van der Waals surface area contributed by atoms with Crippen LogP contribution in [0, 0.1) is 0 Å². The zero-order chi connectivity index (χ0) is 19.8. The third-order valence-electron chi connectivity index (χ3n) is 4.14. The summed E-state index contributed by atoms with van der Waals surface area (Å²) in [5, 5.41) is 12.0. The van der Waals surface area contributed by atoms with Gasteiger partial charge in [-0.3, -0.25) is 14.8 Å². The fraction of sp³-hybridized carbons (Fsp3) is 0.190. The van der Waals surface area contributed by atoms with Crippen molar-refractivity contribution in [1.82, 2.24) is 15.8 Å². The molecule has 0 aliphatic rings. The predicted molar refractivity (Wildman–Crippen MR) is 104 cm³/mol. The Kier molecular flexibility index (Phi) is 6.54.